The molecular weight excluding hydrogens is 242 g/mol. The molecule has 0 N–H and O–H groups in total. The zero-order chi connectivity index (χ0) is 9.28. The molecule has 1 atom stereocenters. The summed E-state index contributed by atoms with van der Waals surface area (Å²) in [6.45, 7) is 0. The van der Waals surface area contributed by atoms with Crippen molar-refractivity contribution in [1.82, 2.24) is 0 Å². The molecule has 0 fully saturated rings. The maximum atomic E-state index is 11.4. The lowest BCUT2D eigenvalue weighted by molar-refractivity contribution is -0.177. The molecule has 0 saturated heterocycles. The molecule has 7 heteroatoms. The highest BCUT2D eigenvalue weighted by Crippen LogP contribution is 2.35. The number of hydrogen-bond donors (Lipinski definition) is 0. The standard InChI is InChI=1S/C4H3BrF6/c5-2(4(9,10)11)1-3(6,7)8/h2H,1H2. The first-order chi connectivity index (χ1) is 4.63. The molecule has 0 spiro atoms. The molecule has 0 saturated carbocycles. The molecule has 0 rings (SSSR count). The SMILES string of the molecule is FC(F)(F)CC(Br)C(F)(F)F. The summed E-state index contributed by atoms with van der Waals surface area (Å²) in [7, 11) is 0. The van der Waals surface area contributed by atoms with Gasteiger partial charge in [-0.25, -0.2) is 0 Å². The van der Waals surface area contributed by atoms with Crippen LogP contribution in [0.2, 0.25) is 0 Å². The number of alkyl halides is 7. The minimum Gasteiger partial charge on any atom is -0.171 e. The van der Waals surface area contributed by atoms with E-state index in [1.807, 2.05) is 15.9 Å². The topological polar surface area (TPSA) is 0 Å². The molecule has 0 aromatic heterocycles. The monoisotopic (exact) mass is 244 g/mol. The molecule has 0 heterocycles. The number of hydrogen-bond acceptors (Lipinski definition) is 0. The van der Waals surface area contributed by atoms with Crippen molar-refractivity contribution in [3.05, 3.63) is 0 Å². The van der Waals surface area contributed by atoms with Crippen LogP contribution in [0.25, 0.3) is 0 Å². The summed E-state index contributed by atoms with van der Waals surface area (Å²) < 4.78 is 68.2. The first kappa shape index (κ1) is 11.1. The molecule has 0 amide bonds. The fourth-order valence-corrected chi connectivity index (χ4v) is 0.686. The Labute approximate surface area is 66.7 Å². The van der Waals surface area contributed by atoms with Crippen molar-refractivity contribution in [2.75, 3.05) is 0 Å². The summed E-state index contributed by atoms with van der Waals surface area (Å²) in [4.78, 5) is -2.50. The molecule has 0 aromatic rings. The minimum atomic E-state index is -4.84. The molecule has 0 aliphatic heterocycles. The van der Waals surface area contributed by atoms with Gasteiger partial charge in [0, 0.05) is 0 Å². The average molecular weight is 245 g/mol. The Kier molecular flexibility index (Phi) is 3.22. The summed E-state index contributed by atoms with van der Waals surface area (Å²) in [6.07, 6.45) is -11.5. The van der Waals surface area contributed by atoms with Crippen molar-refractivity contribution in [1.29, 1.82) is 0 Å². The van der Waals surface area contributed by atoms with Crippen LogP contribution >= 0.6 is 15.9 Å². The highest BCUT2D eigenvalue weighted by molar-refractivity contribution is 9.09. The summed E-state index contributed by atoms with van der Waals surface area (Å²) in [5.74, 6) is 0. The van der Waals surface area contributed by atoms with E-state index in [4.69, 9.17) is 0 Å². The van der Waals surface area contributed by atoms with Gasteiger partial charge in [-0.05, 0) is 0 Å². The van der Waals surface area contributed by atoms with Gasteiger partial charge in [-0.15, -0.1) is 0 Å². The van der Waals surface area contributed by atoms with E-state index in [1.165, 1.54) is 0 Å². The molecule has 0 radical (unpaired) electrons. The van der Waals surface area contributed by atoms with Crippen LogP contribution in [0.1, 0.15) is 6.42 Å². The van der Waals surface area contributed by atoms with Crippen molar-refractivity contribution in [2.45, 2.75) is 23.6 Å². The zero-order valence-corrected chi connectivity index (χ0v) is 6.52. The Balaban J connectivity index is 3.99. The molecular formula is C4H3BrF6. The Hall–Kier alpha value is 0.0600. The third kappa shape index (κ3) is 5.34. The first-order valence-electron chi connectivity index (χ1n) is 2.40. The normalized spacial score (nSPS) is 16.6. The number of rotatable bonds is 1. The van der Waals surface area contributed by atoms with E-state index in [0.717, 1.165) is 0 Å². The summed E-state index contributed by atoms with van der Waals surface area (Å²) in [5, 5.41) is 0. The van der Waals surface area contributed by atoms with E-state index in [2.05, 4.69) is 0 Å². The van der Waals surface area contributed by atoms with Gasteiger partial charge in [0.2, 0.25) is 0 Å². The minimum absolute atomic E-state index is 1.89. The predicted molar refractivity (Wildman–Crippen MR) is 29.4 cm³/mol. The lowest BCUT2D eigenvalue weighted by Gasteiger charge is -2.15. The van der Waals surface area contributed by atoms with Crippen molar-refractivity contribution < 1.29 is 26.3 Å². The zero-order valence-electron chi connectivity index (χ0n) is 4.93. The van der Waals surface area contributed by atoms with Crippen molar-refractivity contribution >= 4 is 15.9 Å². The molecule has 0 aromatic carbocycles. The van der Waals surface area contributed by atoms with Gasteiger partial charge in [0.1, 0.15) is 4.83 Å². The van der Waals surface area contributed by atoms with Gasteiger partial charge in [-0.2, -0.15) is 26.3 Å². The van der Waals surface area contributed by atoms with E-state index in [-0.39, 0.29) is 0 Å². The van der Waals surface area contributed by atoms with Gasteiger partial charge in [0.25, 0.3) is 0 Å². The van der Waals surface area contributed by atoms with Crippen molar-refractivity contribution in [3.8, 4) is 0 Å². The molecule has 0 nitrogen and oxygen atoms in total. The van der Waals surface area contributed by atoms with Crippen LogP contribution < -0.4 is 0 Å². The maximum absolute atomic E-state index is 11.4. The summed E-state index contributed by atoms with van der Waals surface area (Å²) in [6, 6.07) is 0. The smallest absolute Gasteiger partial charge is 0.171 e. The van der Waals surface area contributed by atoms with Crippen LogP contribution in [-0.2, 0) is 0 Å². The van der Waals surface area contributed by atoms with Gasteiger partial charge in [-0.3, -0.25) is 0 Å². The van der Waals surface area contributed by atoms with Crippen LogP contribution in [0.15, 0.2) is 0 Å². The third-order valence-corrected chi connectivity index (χ3v) is 1.61. The first-order valence-corrected chi connectivity index (χ1v) is 3.32. The average Bonchev–Trinajstić information content (AvgIpc) is 1.56. The molecule has 0 bridgehead atoms. The van der Waals surface area contributed by atoms with Gasteiger partial charge in [-0.1, -0.05) is 15.9 Å². The second-order valence-corrected chi connectivity index (χ2v) is 2.93. The van der Waals surface area contributed by atoms with Crippen molar-refractivity contribution in [3.63, 3.8) is 0 Å². The second kappa shape index (κ2) is 3.20. The Morgan fingerprint density at radius 2 is 1.36 bits per heavy atom. The molecule has 0 aliphatic rings. The fraction of sp³-hybridized carbons (Fsp3) is 1.00. The van der Waals surface area contributed by atoms with E-state index in [9.17, 15) is 26.3 Å². The fourth-order valence-electron chi connectivity index (χ4n) is 0.319. The highest BCUT2D eigenvalue weighted by atomic mass is 79.9. The van der Waals surface area contributed by atoms with Gasteiger partial charge in [0.15, 0.2) is 0 Å². The Morgan fingerprint density at radius 1 is 1.00 bits per heavy atom. The highest BCUT2D eigenvalue weighted by Gasteiger charge is 2.44. The summed E-state index contributed by atoms with van der Waals surface area (Å²) in [5.41, 5.74) is 0. The molecule has 0 aliphatic carbocycles. The van der Waals surface area contributed by atoms with Gasteiger partial charge < -0.3 is 0 Å². The van der Waals surface area contributed by atoms with Crippen molar-refractivity contribution in [2.24, 2.45) is 0 Å². The van der Waals surface area contributed by atoms with E-state index in [1.54, 1.807) is 0 Å². The predicted octanol–water partition coefficient (Wildman–Crippen LogP) is 3.26. The largest absolute Gasteiger partial charge is 0.401 e. The lowest BCUT2D eigenvalue weighted by Crippen LogP contribution is -2.28. The van der Waals surface area contributed by atoms with Gasteiger partial charge in [0.05, 0.1) is 6.42 Å². The van der Waals surface area contributed by atoms with E-state index in [0.29, 0.717) is 0 Å². The second-order valence-electron chi connectivity index (χ2n) is 1.83. The quantitative estimate of drug-likeness (QED) is 0.491. The molecule has 1 unspecified atom stereocenters. The Morgan fingerprint density at radius 3 is 1.45 bits per heavy atom. The van der Waals surface area contributed by atoms with Crippen LogP contribution in [0.4, 0.5) is 26.3 Å². The maximum Gasteiger partial charge on any atom is 0.401 e. The van der Waals surface area contributed by atoms with Crippen LogP contribution in [0, 0.1) is 0 Å². The lowest BCUT2D eigenvalue weighted by atomic mass is 10.3. The van der Waals surface area contributed by atoms with Gasteiger partial charge >= 0.3 is 12.4 Å². The van der Waals surface area contributed by atoms with Crippen LogP contribution in [-0.4, -0.2) is 17.2 Å². The Bertz CT molecular complexity index is 124. The third-order valence-electron chi connectivity index (χ3n) is 0.766. The molecule has 68 valence electrons. The van der Waals surface area contributed by atoms with E-state index < -0.39 is 23.6 Å². The van der Waals surface area contributed by atoms with E-state index >= 15 is 0 Å². The summed E-state index contributed by atoms with van der Waals surface area (Å²) >= 11 is 1.89. The molecule has 11 heavy (non-hydrogen) atoms. The van der Waals surface area contributed by atoms with Crippen LogP contribution in [0.5, 0.6) is 0 Å². The number of halogens is 7. The van der Waals surface area contributed by atoms with Crippen LogP contribution in [0.3, 0.4) is 0 Å².